The Balaban J connectivity index is 0.000000722. The molecule has 0 fully saturated rings. The molecular weight excluding hydrogens is 240 g/mol. The van der Waals surface area contributed by atoms with Gasteiger partial charge in [0.25, 0.3) is 0 Å². The minimum Gasteiger partial charge on any atom is -0.508 e. The molecule has 0 bridgehead atoms. The number of phenolic OH excluding ortho intramolecular Hbond substituents is 1. The van der Waals surface area contributed by atoms with Crippen molar-refractivity contribution >= 4 is 23.7 Å². The van der Waals surface area contributed by atoms with Gasteiger partial charge in [0.05, 0.1) is 5.36 Å². The quantitative estimate of drug-likeness (QED) is 0.696. The number of hydrogen-bond donors (Lipinski definition) is 1. The lowest BCUT2D eigenvalue weighted by Gasteiger charge is -2.17. The van der Waals surface area contributed by atoms with Gasteiger partial charge in [0.15, 0.2) is 0 Å². The maximum atomic E-state index is 9.40. The first-order chi connectivity index (χ1) is 7.25. The Bertz CT molecular complexity index is 581. The van der Waals surface area contributed by atoms with Crippen molar-refractivity contribution in [2.45, 2.75) is 19.4 Å². The topological polar surface area (TPSA) is 76.5 Å². The average molecular weight is 255 g/mol. The summed E-state index contributed by atoms with van der Waals surface area (Å²) in [5, 5.41) is 11.5. The number of aliphatic imine (C=N–C) groups is 1. The van der Waals surface area contributed by atoms with Crippen molar-refractivity contribution < 1.29 is 10.6 Å². The van der Waals surface area contributed by atoms with Crippen molar-refractivity contribution in [2.24, 2.45) is 9.98 Å². The molecule has 0 aliphatic carbocycles. The average Bonchev–Trinajstić information content (AvgIpc) is 2.57. The van der Waals surface area contributed by atoms with Gasteiger partial charge in [-0.05, 0) is 31.1 Å². The summed E-state index contributed by atoms with van der Waals surface area (Å²) >= 11 is 0. The Morgan fingerprint density at radius 2 is 2.12 bits per heavy atom. The molecule has 2 aliphatic heterocycles. The van der Waals surface area contributed by atoms with Crippen LogP contribution < -0.4 is 10.6 Å². The van der Waals surface area contributed by atoms with Gasteiger partial charge >= 0.3 is 0 Å². The first-order valence-corrected chi connectivity index (χ1v) is 5.16. The van der Waals surface area contributed by atoms with Gasteiger partial charge in [0, 0.05) is 23.5 Å². The summed E-state index contributed by atoms with van der Waals surface area (Å²) in [6.45, 7) is 2.90. The summed E-state index contributed by atoms with van der Waals surface area (Å²) < 4.78 is 0. The SMILES string of the molecule is CC1=NCCC2=c3ccc(O)cc3=NC12.Cl.O. The molecule has 0 saturated carbocycles. The second kappa shape index (κ2) is 4.85. The molecule has 5 heteroatoms. The number of rotatable bonds is 0. The summed E-state index contributed by atoms with van der Waals surface area (Å²) in [6.07, 6.45) is 0.989. The third-order valence-electron chi connectivity index (χ3n) is 3.06. The van der Waals surface area contributed by atoms with Crippen LogP contribution in [-0.2, 0) is 0 Å². The molecule has 0 aromatic heterocycles. The van der Waals surface area contributed by atoms with Crippen LogP contribution >= 0.6 is 12.4 Å². The highest BCUT2D eigenvalue weighted by Gasteiger charge is 2.24. The number of nitrogens with zero attached hydrogens (tertiary/aromatic N) is 2. The van der Waals surface area contributed by atoms with E-state index in [4.69, 9.17) is 0 Å². The molecule has 1 aromatic rings. The van der Waals surface area contributed by atoms with Crippen molar-refractivity contribution in [3.63, 3.8) is 0 Å². The van der Waals surface area contributed by atoms with E-state index in [-0.39, 0.29) is 29.7 Å². The zero-order chi connectivity index (χ0) is 10.4. The van der Waals surface area contributed by atoms with Gasteiger partial charge in [-0.25, -0.2) is 0 Å². The highest BCUT2D eigenvalue weighted by molar-refractivity contribution is 5.97. The fourth-order valence-corrected chi connectivity index (χ4v) is 2.32. The number of hydrogen-bond acceptors (Lipinski definition) is 3. The lowest BCUT2D eigenvalue weighted by Crippen LogP contribution is -2.25. The van der Waals surface area contributed by atoms with Gasteiger partial charge in [0.2, 0.25) is 0 Å². The molecule has 1 unspecified atom stereocenters. The molecule has 1 atom stereocenters. The second-order valence-corrected chi connectivity index (χ2v) is 4.03. The molecule has 0 amide bonds. The van der Waals surface area contributed by atoms with Crippen LogP contribution in [0, 0.1) is 0 Å². The Kier molecular flexibility index (Phi) is 3.91. The molecule has 1 aromatic carbocycles. The number of fused-ring (bicyclic) bond motifs is 2. The molecule has 2 aliphatic rings. The normalized spacial score (nSPS) is 20.2. The summed E-state index contributed by atoms with van der Waals surface area (Å²) in [7, 11) is 0. The van der Waals surface area contributed by atoms with E-state index in [0.29, 0.717) is 0 Å². The second-order valence-electron chi connectivity index (χ2n) is 4.03. The van der Waals surface area contributed by atoms with E-state index < -0.39 is 0 Å². The molecule has 3 N–H and O–H groups in total. The molecule has 0 radical (unpaired) electrons. The summed E-state index contributed by atoms with van der Waals surface area (Å²) in [6, 6.07) is 5.55. The molecular formula is C12H15ClN2O2. The van der Waals surface area contributed by atoms with Crippen molar-refractivity contribution in [3.05, 3.63) is 28.8 Å². The largest absolute Gasteiger partial charge is 0.508 e. The maximum absolute atomic E-state index is 9.40. The number of benzene rings is 1. The van der Waals surface area contributed by atoms with Gasteiger partial charge in [-0.15, -0.1) is 12.4 Å². The standard InChI is InChI=1S/C12H12N2O.ClH.H2O/c1-7-12-10(4-5-13-7)9-3-2-8(15)6-11(9)14-12;;/h2-3,6,12,15H,4-5H2,1H3;1H;1H2. The fourth-order valence-electron chi connectivity index (χ4n) is 2.32. The van der Waals surface area contributed by atoms with E-state index in [2.05, 4.69) is 9.98 Å². The molecule has 4 nitrogen and oxygen atoms in total. The van der Waals surface area contributed by atoms with Crippen LogP contribution in [0.5, 0.6) is 5.75 Å². The highest BCUT2D eigenvalue weighted by atomic mass is 35.5. The Labute approximate surface area is 105 Å². The molecule has 17 heavy (non-hydrogen) atoms. The minimum absolute atomic E-state index is 0. The Hall–Kier alpha value is -1.39. The predicted octanol–water partition coefficient (Wildman–Crippen LogP) is 0.00640. The van der Waals surface area contributed by atoms with Crippen LogP contribution in [0.3, 0.4) is 0 Å². The zero-order valence-electron chi connectivity index (χ0n) is 9.47. The monoisotopic (exact) mass is 254 g/mol. The van der Waals surface area contributed by atoms with Gasteiger partial charge < -0.3 is 10.6 Å². The lowest BCUT2D eigenvalue weighted by atomic mass is 9.97. The summed E-state index contributed by atoms with van der Waals surface area (Å²) in [5.74, 6) is 0.284. The van der Waals surface area contributed by atoms with Gasteiger partial charge in [-0.1, -0.05) is 0 Å². The maximum Gasteiger partial charge on any atom is 0.117 e. The van der Waals surface area contributed by atoms with Crippen LogP contribution in [-0.4, -0.2) is 28.9 Å². The van der Waals surface area contributed by atoms with Gasteiger partial charge in [-0.3, -0.25) is 9.98 Å². The molecule has 2 heterocycles. The van der Waals surface area contributed by atoms with E-state index in [9.17, 15) is 5.11 Å². The smallest absolute Gasteiger partial charge is 0.117 e. The number of phenols is 1. The molecule has 0 saturated heterocycles. The van der Waals surface area contributed by atoms with Crippen LogP contribution in [0.15, 0.2) is 28.2 Å². The third kappa shape index (κ3) is 2.06. The molecule has 92 valence electrons. The minimum atomic E-state index is 0. The van der Waals surface area contributed by atoms with Crippen molar-refractivity contribution in [3.8, 4) is 5.75 Å². The van der Waals surface area contributed by atoms with Crippen LogP contribution in [0.1, 0.15) is 13.3 Å². The van der Waals surface area contributed by atoms with Crippen molar-refractivity contribution in [1.29, 1.82) is 0 Å². The van der Waals surface area contributed by atoms with Gasteiger partial charge in [0.1, 0.15) is 11.8 Å². The van der Waals surface area contributed by atoms with Crippen LogP contribution in [0.4, 0.5) is 0 Å². The Morgan fingerprint density at radius 3 is 2.88 bits per heavy atom. The predicted molar refractivity (Wildman–Crippen MR) is 69.5 cm³/mol. The van der Waals surface area contributed by atoms with Crippen molar-refractivity contribution in [1.82, 2.24) is 0 Å². The van der Waals surface area contributed by atoms with Gasteiger partial charge in [-0.2, -0.15) is 0 Å². The summed E-state index contributed by atoms with van der Waals surface area (Å²) in [4.78, 5) is 9.01. The Morgan fingerprint density at radius 1 is 1.35 bits per heavy atom. The zero-order valence-corrected chi connectivity index (χ0v) is 10.3. The molecule has 3 rings (SSSR count). The first-order valence-electron chi connectivity index (χ1n) is 5.16. The third-order valence-corrected chi connectivity index (χ3v) is 3.06. The van der Waals surface area contributed by atoms with Crippen LogP contribution in [0.25, 0.3) is 5.57 Å². The van der Waals surface area contributed by atoms with E-state index in [1.807, 2.05) is 13.0 Å². The fraction of sp³-hybridized carbons (Fsp3) is 0.333. The van der Waals surface area contributed by atoms with E-state index in [0.717, 1.165) is 24.0 Å². The number of aromatic hydroxyl groups is 1. The number of halogens is 1. The van der Waals surface area contributed by atoms with E-state index >= 15 is 0 Å². The van der Waals surface area contributed by atoms with Crippen LogP contribution in [0.2, 0.25) is 0 Å². The molecule has 0 spiro atoms. The summed E-state index contributed by atoms with van der Waals surface area (Å²) in [5.41, 5.74) is 2.45. The van der Waals surface area contributed by atoms with Crippen molar-refractivity contribution in [2.75, 3.05) is 6.54 Å². The first kappa shape index (κ1) is 13.7. The van der Waals surface area contributed by atoms with E-state index in [1.165, 1.54) is 10.8 Å². The highest BCUT2D eigenvalue weighted by Crippen LogP contribution is 2.20. The lowest BCUT2D eigenvalue weighted by molar-refractivity contribution is 0.474. The van der Waals surface area contributed by atoms with E-state index in [1.54, 1.807) is 12.1 Å².